The second kappa shape index (κ2) is 17.3. The smallest absolute Gasteiger partial charge is 0.0619 e. The Morgan fingerprint density at radius 3 is 0.977 bits per heavy atom. The molecule has 0 bridgehead atoms. The maximum Gasteiger partial charge on any atom is 0.113 e. The van der Waals surface area contributed by atoms with E-state index in [9.17, 15) is 0 Å². The van der Waals surface area contributed by atoms with Gasteiger partial charge in [0.1, 0.15) is 16.1 Å². The monoisotopic (exact) mass is 1130 g/mol. The van der Waals surface area contributed by atoms with Crippen LogP contribution in [0.4, 0.5) is 0 Å². The Labute approximate surface area is 506 Å². The zero-order valence-electron chi connectivity index (χ0n) is 50.1. The summed E-state index contributed by atoms with van der Waals surface area (Å²) >= 11 is 0. The van der Waals surface area contributed by atoms with Gasteiger partial charge in [0, 0.05) is 10.8 Å². The van der Waals surface area contributed by atoms with Gasteiger partial charge in [-0.1, -0.05) is 284 Å². The molecule has 14 aromatic carbocycles. The van der Waals surface area contributed by atoms with Crippen molar-refractivity contribution >= 4 is 90.8 Å². The Morgan fingerprint density at radius 1 is 0.221 bits per heavy atom. The number of hydrogen-bond acceptors (Lipinski definition) is 0. The molecule has 0 amide bonds. The van der Waals surface area contributed by atoms with E-state index in [4.69, 9.17) is 0 Å². The van der Waals surface area contributed by atoms with E-state index in [0.29, 0.717) is 0 Å². The van der Waals surface area contributed by atoms with Crippen molar-refractivity contribution in [1.29, 1.82) is 0 Å². The lowest BCUT2D eigenvalue weighted by Gasteiger charge is -2.35. The zero-order chi connectivity index (χ0) is 57.9. The van der Waals surface area contributed by atoms with Crippen molar-refractivity contribution in [3.8, 4) is 89.0 Å². The fourth-order valence-electron chi connectivity index (χ4n) is 17.4. The minimum absolute atomic E-state index is 0.0842. The van der Waals surface area contributed by atoms with Crippen molar-refractivity contribution in [3.05, 3.63) is 265 Å². The lowest BCUT2D eigenvalue weighted by Crippen LogP contribution is -2.56. The molecule has 0 unspecified atom stereocenters. The van der Waals surface area contributed by atoms with E-state index >= 15 is 0 Å². The number of fused-ring (bicyclic) bond motifs is 16. The first-order chi connectivity index (χ1) is 41.7. The third-order valence-corrected chi connectivity index (χ3v) is 28.7. The van der Waals surface area contributed by atoms with Crippen molar-refractivity contribution in [2.24, 2.45) is 0 Å². The van der Waals surface area contributed by atoms with Gasteiger partial charge in [-0.3, -0.25) is 0 Å². The molecule has 18 rings (SSSR count). The molecule has 0 saturated heterocycles. The normalized spacial score (nSPS) is 15.6. The molecule has 0 atom stereocenters. The molecular formula is C84H64Si2. The number of benzene rings is 14. The topological polar surface area (TPSA) is 0 Å². The van der Waals surface area contributed by atoms with Gasteiger partial charge >= 0.3 is 0 Å². The molecule has 14 aromatic rings. The molecule has 0 fully saturated rings. The van der Waals surface area contributed by atoms with Crippen molar-refractivity contribution < 1.29 is 0 Å². The van der Waals surface area contributed by atoms with Gasteiger partial charge in [-0.15, -0.1) is 0 Å². The number of rotatable bonds is 4. The summed E-state index contributed by atoms with van der Waals surface area (Å²) in [6.07, 6.45) is 0. The third-order valence-electron chi connectivity index (χ3n) is 21.6. The maximum absolute atomic E-state index is 2.68. The second-order valence-electron chi connectivity index (χ2n) is 27.4. The predicted octanol–water partition coefficient (Wildman–Crippen LogP) is 20.3. The predicted molar refractivity (Wildman–Crippen MR) is 375 cm³/mol. The fourth-order valence-corrected chi connectivity index (χ4v) is 23.6. The Hall–Kier alpha value is -9.19. The highest BCUT2D eigenvalue weighted by Gasteiger charge is 2.44. The summed E-state index contributed by atoms with van der Waals surface area (Å²) in [5.74, 6) is 0. The minimum Gasteiger partial charge on any atom is -0.0619 e. The Morgan fingerprint density at radius 2 is 0.547 bits per heavy atom. The SMILES string of the molecule is CC1(C)c2ccccc2-c2ccc(-c3c4ccccc4c(-c4ccc5c(c4)[Si](C)(C)c4cc6c7c(cccc7c4-5)[Si](C)(C)c4cc(-c5c7ccccc7c(-c7ccc8c(c7)C(C)(C)c7ccccc7-8)c7ccccc57)ccc4-6)c4ccccc34)cc21. The summed E-state index contributed by atoms with van der Waals surface area (Å²) in [6, 6.07) is 94.6. The molecule has 86 heavy (non-hydrogen) atoms. The van der Waals surface area contributed by atoms with Gasteiger partial charge in [0.15, 0.2) is 0 Å². The van der Waals surface area contributed by atoms with Crippen LogP contribution in [0.2, 0.25) is 26.2 Å². The van der Waals surface area contributed by atoms with Crippen LogP contribution < -0.4 is 20.7 Å². The van der Waals surface area contributed by atoms with Crippen LogP contribution in [-0.2, 0) is 10.8 Å². The van der Waals surface area contributed by atoms with E-state index in [0.717, 1.165) is 0 Å². The van der Waals surface area contributed by atoms with E-state index in [2.05, 4.69) is 297 Å². The average Bonchev–Trinajstić information content (AvgIpc) is 1.36. The van der Waals surface area contributed by atoms with Crippen LogP contribution in [0, 0.1) is 0 Å². The first-order valence-electron chi connectivity index (χ1n) is 31.0. The first kappa shape index (κ1) is 50.2. The first-order valence-corrected chi connectivity index (χ1v) is 37.0. The van der Waals surface area contributed by atoms with E-state index in [1.165, 1.54) is 176 Å². The zero-order valence-corrected chi connectivity index (χ0v) is 52.1. The molecule has 408 valence electrons. The summed E-state index contributed by atoms with van der Waals surface area (Å²) in [4.78, 5) is 0. The van der Waals surface area contributed by atoms with Crippen LogP contribution in [0.15, 0.2) is 243 Å². The molecule has 2 aliphatic carbocycles. The highest BCUT2D eigenvalue weighted by atomic mass is 28.3. The second-order valence-corrected chi connectivity index (χ2v) is 36.0. The van der Waals surface area contributed by atoms with Crippen LogP contribution in [0.25, 0.3) is 143 Å². The van der Waals surface area contributed by atoms with Crippen molar-refractivity contribution in [1.82, 2.24) is 0 Å². The Bertz CT molecular complexity index is 5300. The van der Waals surface area contributed by atoms with Gasteiger partial charge in [0.25, 0.3) is 0 Å². The largest absolute Gasteiger partial charge is 0.113 e. The van der Waals surface area contributed by atoms with E-state index in [1.54, 1.807) is 10.4 Å². The molecule has 2 heterocycles. The van der Waals surface area contributed by atoms with Crippen LogP contribution in [0.1, 0.15) is 49.9 Å². The van der Waals surface area contributed by atoms with Gasteiger partial charge < -0.3 is 0 Å². The highest BCUT2D eigenvalue weighted by molar-refractivity contribution is 7.05. The summed E-state index contributed by atoms with van der Waals surface area (Å²) < 4.78 is 0. The van der Waals surface area contributed by atoms with Gasteiger partial charge in [-0.25, -0.2) is 0 Å². The third kappa shape index (κ3) is 6.48. The molecule has 0 spiro atoms. The molecule has 0 N–H and O–H groups in total. The van der Waals surface area contributed by atoms with E-state index in [1.807, 2.05) is 0 Å². The van der Waals surface area contributed by atoms with Gasteiger partial charge in [0.2, 0.25) is 0 Å². The molecule has 0 aromatic heterocycles. The lowest BCUT2D eigenvalue weighted by atomic mass is 9.80. The van der Waals surface area contributed by atoms with Crippen molar-refractivity contribution in [3.63, 3.8) is 0 Å². The van der Waals surface area contributed by atoms with Crippen LogP contribution in [0.3, 0.4) is 0 Å². The minimum atomic E-state index is -2.29. The molecule has 2 heteroatoms. The molecule has 2 aliphatic heterocycles. The number of hydrogen-bond donors (Lipinski definition) is 0. The van der Waals surface area contributed by atoms with Crippen LogP contribution in [0.5, 0.6) is 0 Å². The van der Waals surface area contributed by atoms with Gasteiger partial charge in [0.05, 0.1) is 0 Å². The van der Waals surface area contributed by atoms with Crippen molar-refractivity contribution in [2.75, 3.05) is 0 Å². The molecule has 0 nitrogen and oxygen atoms in total. The van der Waals surface area contributed by atoms with Crippen LogP contribution in [-0.4, -0.2) is 16.1 Å². The summed E-state index contributed by atoms with van der Waals surface area (Å²) in [5, 5.41) is 19.5. The van der Waals surface area contributed by atoms with Gasteiger partial charge in [-0.2, -0.15) is 0 Å². The summed E-state index contributed by atoms with van der Waals surface area (Å²) in [7, 11) is -4.57. The Kier molecular flexibility index (Phi) is 10.1. The Balaban J connectivity index is 0.777. The molecule has 4 aliphatic rings. The lowest BCUT2D eigenvalue weighted by molar-refractivity contribution is 0.660. The quantitative estimate of drug-likeness (QED) is 0.122. The highest BCUT2D eigenvalue weighted by Crippen LogP contribution is 2.54. The van der Waals surface area contributed by atoms with Crippen LogP contribution >= 0.6 is 0 Å². The standard InChI is InChI=1S/C84H64Si2/c1-83(2)69-33-19-17-22-53(69)55-40-36-49(44-71(55)83)77-58-24-9-13-28-62(58)79(63-29-14-10-25-59(63)77)51-38-42-57-68-48-76-81(67-32-21-35-73(82(67)68)85(5,6)74(57)46-51)66-43-39-52(47-75(66)86(76,7)8)80-64-30-15-11-26-60(64)78(61-27-12-16-31-65(61)80)50-37-41-56-54-23-18-20-34-70(54)84(3,4)72(56)45-50/h9-48H,1-8H3. The average molecular weight is 1130 g/mol. The molecule has 0 radical (unpaired) electrons. The summed E-state index contributed by atoms with van der Waals surface area (Å²) in [5.41, 5.74) is 27.1. The van der Waals surface area contributed by atoms with Crippen molar-refractivity contribution in [2.45, 2.75) is 64.7 Å². The maximum atomic E-state index is 2.68. The van der Waals surface area contributed by atoms with E-state index in [-0.39, 0.29) is 10.8 Å². The molecular weight excluding hydrogens is 1070 g/mol. The van der Waals surface area contributed by atoms with E-state index < -0.39 is 16.1 Å². The molecule has 0 saturated carbocycles. The summed E-state index contributed by atoms with van der Waals surface area (Å²) in [6.45, 7) is 20.0. The fraction of sp³-hybridized carbons (Fsp3) is 0.119. The van der Waals surface area contributed by atoms with Gasteiger partial charge in [-0.05, 0) is 198 Å².